The Labute approximate surface area is 122 Å². The average Bonchev–Trinajstić information content (AvgIpc) is 2.42. The Balaban J connectivity index is 2.03. The molecule has 6 nitrogen and oxygen atoms in total. The maximum absolute atomic E-state index is 5.93. The first kappa shape index (κ1) is 14.3. The van der Waals surface area contributed by atoms with Gasteiger partial charge in [-0.15, -0.1) is 0 Å². The van der Waals surface area contributed by atoms with Crippen LogP contribution in [0.3, 0.4) is 0 Å². The summed E-state index contributed by atoms with van der Waals surface area (Å²) in [4.78, 5) is 12.1. The lowest BCUT2D eigenvalue weighted by molar-refractivity contribution is 0.292. The summed E-state index contributed by atoms with van der Waals surface area (Å²) in [5, 5.41) is 3.75. The summed E-state index contributed by atoms with van der Waals surface area (Å²) in [6.07, 6.45) is 0.872. The Kier molecular flexibility index (Phi) is 4.95. The van der Waals surface area contributed by atoms with Gasteiger partial charge in [0.2, 0.25) is 11.9 Å². The van der Waals surface area contributed by atoms with Crippen molar-refractivity contribution in [2.75, 3.05) is 17.7 Å². The Morgan fingerprint density at radius 2 is 2.15 bits per heavy atom. The molecule has 1 heterocycles. The van der Waals surface area contributed by atoms with Gasteiger partial charge in [-0.3, -0.25) is 0 Å². The molecular formula is C13H16ClN5O. The molecule has 0 aliphatic carbocycles. The minimum Gasteiger partial charge on any atom is -0.463 e. The van der Waals surface area contributed by atoms with Gasteiger partial charge in [-0.2, -0.15) is 15.0 Å². The van der Waals surface area contributed by atoms with Gasteiger partial charge in [0, 0.05) is 11.6 Å². The quantitative estimate of drug-likeness (QED) is 0.851. The van der Waals surface area contributed by atoms with Crippen LogP contribution in [0.2, 0.25) is 5.02 Å². The molecule has 0 saturated heterocycles. The summed E-state index contributed by atoms with van der Waals surface area (Å²) in [6.45, 7) is 3.08. The zero-order valence-corrected chi connectivity index (χ0v) is 11.9. The van der Waals surface area contributed by atoms with Crippen LogP contribution in [-0.4, -0.2) is 21.6 Å². The number of halogens is 1. The number of nitrogens with zero attached hydrogens (tertiary/aromatic N) is 3. The fourth-order valence-corrected chi connectivity index (χ4v) is 1.75. The smallest absolute Gasteiger partial charge is 0.323 e. The third-order valence-electron chi connectivity index (χ3n) is 2.41. The van der Waals surface area contributed by atoms with Gasteiger partial charge in [0.25, 0.3) is 0 Å². The minimum atomic E-state index is 0.125. The molecule has 7 heteroatoms. The highest BCUT2D eigenvalue weighted by atomic mass is 35.5. The number of hydrogen-bond acceptors (Lipinski definition) is 6. The van der Waals surface area contributed by atoms with Crippen LogP contribution in [-0.2, 0) is 6.54 Å². The fraction of sp³-hybridized carbons (Fsp3) is 0.308. The molecule has 0 fully saturated rings. The highest BCUT2D eigenvalue weighted by molar-refractivity contribution is 6.30. The summed E-state index contributed by atoms with van der Waals surface area (Å²) in [5.74, 6) is 0.503. The third kappa shape index (κ3) is 4.24. The number of aromatic nitrogens is 3. The molecule has 1 aromatic carbocycles. The second-order valence-electron chi connectivity index (χ2n) is 4.13. The van der Waals surface area contributed by atoms with Crippen molar-refractivity contribution in [2.24, 2.45) is 0 Å². The maximum Gasteiger partial charge on any atom is 0.323 e. The van der Waals surface area contributed by atoms with Crippen LogP contribution in [0.4, 0.5) is 11.9 Å². The van der Waals surface area contributed by atoms with E-state index in [4.69, 9.17) is 22.1 Å². The van der Waals surface area contributed by atoms with Crippen molar-refractivity contribution >= 4 is 23.5 Å². The topological polar surface area (TPSA) is 86.0 Å². The van der Waals surface area contributed by atoms with Crippen LogP contribution in [0.15, 0.2) is 24.3 Å². The van der Waals surface area contributed by atoms with E-state index in [0.717, 1.165) is 12.0 Å². The van der Waals surface area contributed by atoms with Crippen molar-refractivity contribution in [3.05, 3.63) is 34.9 Å². The van der Waals surface area contributed by atoms with Gasteiger partial charge >= 0.3 is 6.01 Å². The standard InChI is InChI=1S/C13H16ClN5O/c1-2-6-20-13-18-11(15)17-12(19-13)16-8-9-4-3-5-10(14)7-9/h3-5,7H,2,6,8H2,1H3,(H3,15,16,17,18,19). The van der Waals surface area contributed by atoms with Gasteiger partial charge in [-0.25, -0.2) is 0 Å². The van der Waals surface area contributed by atoms with Crippen LogP contribution in [0.5, 0.6) is 6.01 Å². The molecule has 0 spiro atoms. The number of anilines is 2. The Morgan fingerprint density at radius 1 is 1.30 bits per heavy atom. The van der Waals surface area contributed by atoms with Gasteiger partial charge in [-0.05, 0) is 24.1 Å². The third-order valence-corrected chi connectivity index (χ3v) is 2.64. The monoisotopic (exact) mass is 293 g/mol. The number of rotatable bonds is 6. The first-order valence-electron chi connectivity index (χ1n) is 6.30. The number of nitrogen functional groups attached to an aromatic ring is 1. The molecular weight excluding hydrogens is 278 g/mol. The van der Waals surface area contributed by atoms with E-state index < -0.39 is 0 Å². The first-order chi connectivity index (χ1) is 9.67. The van der Waals surface area contributed by atoms with E-state index in [9.17, 15) is 0 Å². The normalized spacial score (nSPS) is 10.3. The molecule has 0 bridgehead atoms. The lowest BCUT2D eigenvalue weighted by atomic mass is 10.2. The van der Waals surface area contributed by atoms with Gasteiger partial charge < -0.3 is 15.8 Å². The zero-order valence-electron chi connectivity index (χ0n) is 11.1. The number of hydrogen-bond donors (Lipinski definition) is 2. The van der Waals surface area contributed by atoms with E-state index >= 15 is 0 Å². The Hall–Kier alpha value is -2.08. The van der Waals surface area contributed by atoms with E-state index in [1.165, 1.54) is 0 Å². The minimum absolute atomic E-state index is 0.125. The van der Waals surface area contributed by atoms with Crippen molar-refractivity contribution in [1.29, 1.82) is 0 Å². The van der Waals surface area contributed by atoms with Crippen LogP contribution in [0.1, 0.15) is 18.9 Å². The van der Waals surface area contributed by atoms with Crippen LogP contribution >= 0.6 is 11.6 Å². The van der Waals surface area contributed by atoms with Crippen molar-refractivity contribution in [3.63, 3.8) is 0 Å². The van der Waals surface area contributed by atoms with Gasteiger partial charge in [0.15, 0.2) is 0 Å². The summed E-state index contributed by atoms with van der Waals surface area (Å²) >= 11 is 5.93. The molecule has 2 rings (SSSR count). The zero-order chi connectivity index (χ0) is 14.4. The molecule has 0 saturated carbocycles. The summed E-state index contributed by atoms with van der Waals surface area (Å²) in [7, 11) is 0. The molecule has 0 aliphatic rings. The number of benzene rings is 1. The predicted molar refractivity (Wildman–Crippen MR) is 78.8 cm³/mol. The van der Waals surface area contributed by atoms with E-state index in [0.29, 0.717) is 24.1 Å². The molecule has 3 N–H and O–H groups in total. The number of nitrogens with two attached hydrogens (primary N) is 1. The molecule has 0 unspecified atom stereocenters. The largest absolute Gasteiger partial charge is 0.463 e. The van der Waals surface area contributed by atoms with E-state index in [-0.39, 0.29) is 12.0 Å². The number of nitrogens with one attached hydrogen (secondary N) is 1. The molecule has 2 aromatic rings. The molecule has 1 aromatic heterocycles. The van der Waals surface area contributed by atoms with Crippen molar-refractivity contribution in [2.45, 2.75) is 19.9 Å². The average molecular weight is 294 g/mol. The van der Waals surface area contributed by atoms with Crippen molar-refractivity contribution < 1.29 is 4.74 Å². The molecule has 0 amide bonds. The second-order valence-corrected chi connectivity index (χ2v) is 4.57. The van der Waals surface area contributed by atoms with E-state index in [1.807, 2.05) is 31.2 Å². The van der Waals surface area contributed by atoms with Crippen LogP contribution in [0.25, 0.3) is 0 Å². The lowest BCUT2D eigenvalue weighted by Gasteiger charge is -2.08. The molecule has 0 radical (unpaired) electrons. The summed E-state index contributed by atoms with van der Waals surface area (Å²) < 4.78 is 5.34. The highest BCUT2D eigenvalue weighted by Crippen LogP contribution is 2.13. The molecule has 20 heavy (non-hydrogen) atoms. The highest BCUT2D eigenvalue weighted by Gasteiger charge is 2.05. The Bertz CT molecular complexity index is 578. The van der Waals surface area contributed by atoms with Gasteiger partial charge in [0.05, 0.1) is 6.61 Å². The molecule has 0 aliphatic heterocycles. The lowest BCUT2D eigenvalue weighted by Crippen LogP contribution is -2.09. The first-order valence-corrected chi connectivity index (χ1v) is 6.68. The number of ether oxygens (including phenoxy) is 1. The van der Waals surface area contributed by atoms with Crippen LogP contribution in [0, 0.1) is 0 Å². The summed E-state index contributed by atoms with van der Waals surface area (Å²) in [6, 6.07) is 7.76. The second kappa shape index (κ2) is 6.91. The Morgan fingerprint density at radius 3 is 2.90 bits per heavy atom. The van der Waals surface area contributed by atoms with E-state index in [1.54, 1.807) is 0 Å². The van der Waals surface area contributed by atoms with Crippen molar-refractivity contribution in [1.82, 2.24) is 15.0 Å². The molecule has 0 atom stereocenters. The maximum atomic E-state index is 5.93. The van der Waals surface area contributed by atoms with Gasteiger partial charge in [0.1, 0.15) is 0 Å². The predicted octanol–water partition coefficient (Wildman–Crippen LogP) is 2.51. The van der Waals surface area contributed by atoms with Gasteiger partial charge in [-0.1, -0.05) is 30.7 Å². The van der Waals surface area contributed by atoms with Crippen molar-refractivity contribution in [3.8, 4) is 6.01 Å². The summed E-state index contributed by atoms with van der Waals surface area (Å²) in [5.41, 5.74) is 6.64. The molecule has 106 valence electrons. The SMILES string of the molecule is CCCOc1nc(N)nc(NCc2cccc(Cl)c2)n1. The van der Waals surface area contributed by atoms with E-state index in [2.05, 4.69) is 20.3 Å². The fourth-order valence-electron chi connectivity index (χ4n) is 1.54. The van der Waals surface area contributed by atoms with Crippen LogP contribution < -0.4 is 15.8 Å².